The van der Waals surface area contributed by atoms with Crippen LogP contribution in [0, 0.1) is 6.92 Å². The van der Waals surface area contributed by atoms with E-state index in [2.05, 4.69) is 26.0 Å². The maximum absolute atomic E-state index is 9.46. The number of aromatic nitrogens is 2. The Morgan fingerprint density at radius 2 is 1.18 bits per heavy atom. The Hall–Kier alpha value is -5.47. The van der Waals surface area contributed by atoms with Gasteiger partial charge in [0.05, 0.1) is 27.7 Å². The van der Waals surface area contributed by atoms with E-state index >= 15 is 0 Å². The normalized spacial score (nSPS) is 15.9. The zero-order valence-corrected chi connectivity index (χ0v) is 25.1. The molecule has 7 aromatic carbocycles. The Morgan fingerprint density at radius 1 is 0.600 bits per heavy atom. The molecule has 0 unspecified atom stereocenters. The lowest BCUT2D eigenvalue weighted by molar-refractivity contribution is 0.660. The number of fused-ring (bicyclic) bond motifs is 6. The number of imidazole rings is 1. The second kappa shape index (κ2) is 9.51. The highest BCUT2D eigenvalue weighted by molar-refractivity contribution is 6.22. The summed E-state index contributed by atoms with van der Waals surface area (Å²) in [4.78, 5) is 4.79. The molecule has 0 spiro atoms. The number of hydrogen-bond acceptors (Lipinski definition) is 1. The fourth-order valence-corrected chi connectivity index (χ4v) is 7.37. The van der Waals surface area contributed by atoms with E-state index in [0.29, 0.717) is 33.8 Å². The lowest BCUT2D eigenvalue weighted by Gasteiger charge is -2.23. The number of aryl methyl sites for hydroxylation is 1. The van der Waals surface area contributed by atoms with Crippen molar-refractivity contribution in [2.24, 2.45) is 0 Å². The number of nitrogens with zero attached hydrogens (tertiary/aromatic N) is 2. The summed E-state index contributed by atoms with van der Waals surface area (Å²) in [6, 6.07) is 26.5. The maximum atomic E-state index is 9.46. The van der Waals surface area contributed by atoms with Crippen molar-refractivity contribution in [1.82, 2.24) is 9.55 Å². The van der Waals surface area contributed by atoms with E-state index in [-0.39, 0.29) is 45.7 Å². The molecule has 0 fully saturated rings. The van der Waals surface area contributed by atoms with E-state index < -0.39 is 29.6 Å². The highest BCUT2D eigenvalue weighted by Crippen LogP contribution is 2.51. The van der Waals surface area contributed by atoms with Crippen LogP contribution in [0.2, 0.25) is 0 Å². The number of hydrogen-bond donors (Lipinski definition) is 0. The van der Waals surface area contributed by atoms with Crippen molar-refractivity contribution in [3.63, 3.8) is 0 Å². The molecule has 0 saturated heterocycles. The molecule has 0 N–H and O–H groups in total. The number of rotatable bonds is 3. The van der Waals surface area contributed by atoms with Gasteiger partial charge < -0.3 is 0 Å². The summed E-state index contributed by atoms with van der Waals surface area (Å²) in [6.07, 6.45) is 0. The van der Waals surface area contributed by atoms with Crippen molar-refractivity contribution in [2.45, 2.75) is 26.2 Å². The average molecular weight is 585 g/mol. The first-order valence-corrected chi connectivity index (χ1v) is 15.1. The van der Waals surface area contributed by atoms with Crippen LogP contribution in [0.25, 0.3) is 71.6 Å². The average Bonchev–Trinajstić information content (AvgIpc) is 3.62. The summed E-state index contributed by atoms with van der Waals surface area (Å²) in [5, 5.41) is 0.750. The van der Waals surface area contributed by atoms with Crippen LogP contribution in [0.4, 0.5) is 0 Å². The summed E-state index contributed by atoms with van der Waals surface area (Å²) in [5.41, 5.74) is 8.02. The lowest BCUT2D eigenvalue weighted by Crippen LogP contribution is -2.14. The quantitative estimate of drug-likeness (QED) is 0.189. The van der Waals surface area contributed by atoms with Gasteiger partial charge in [0.15, 0.2) is 0 Å². The van der Waals surface area contributed by atoms with Crippen LogP contribution in [-0.4, -0.2) is 9.55 Å². The van der Waals surface area contributed by atoms with Gasteiger partial charge in [-0.25, -0.2) is 4.98 Å². The first-order chi connectivity index (χ1) is 25.3. The molecule has 2 heteroatoms. The molecule has 0 aliphatic heterocycles. The van der Waals surface area contributed by atoms with Crippen LogP contribution in [0.1, 0.15) is 41.8 Å². The Labute approximate surface area is 274 Å². The van der Waals surface area contributed by atoms with Crippen LogP contribution in [0.15, 0.2) is 139 Å². The SMILES string of the molecule is [2H]c1c([2H])c([2H])c2c(-c3ccccc3-n3c(C)nc4ccccc43)c3c([2H])c([2H])c([2H])c([2H])c3c(-c3ccc4c(c3)C(C)(C)c3ccccc3-4)c2c1[2H]. The molecule has 45 heavy (non-hydrogen) atoms. The third-order valence-electron chi connectivity index (χ3n) is 9.39. The monoisotopic (exact) mass is 584 g/mol. The maximum Gasteiger partial charge on any atom is 0.111 e. The fourth-order valence-electron chi connectivity index (χ4n) is 7.37. The predicted octanol–water partition coefficient (Wildman–Crippen LogP) is 11.3. The van der Waals surface area contributed by atoms with Crippen LogP contribution in [0.5, 0.6) is 0 Å². The molecule has 9 rings (SSSR count). The van der Waals surface area contributed by atoms with Gasteiger partial charge in [0.1, 0.15) is 5.82 Å². The second-order valence-corrected chi connectivity index (χ2v) is 12.2. The van der Waals surface area contributed by atoms with Crippen molar-refractivity contribution in [3.8, 4) is 39.1 Å². The molecule has 0 radical (unpaired) electrons. The minimum Gasteiger partial charge on any atom is -0.296 e. The highest BCUT2D eigenvalue weighted by atomic mass is 15.1. The molecule has 0 saturated carbocycles. The molecule has 1 aliphatic rings. The summed E-state index contributed by atoms with van der Waals surface area (Å²) >= 11 is 0. The van der Waals surface area contributed by atoms with Crippen LogP contribution in [0.3, 0.4) is 0 Å². The Morgan fingerprint density at radius 3 is 1.91 bits per heavy atom. The van der Waals surface area contributed by atoms with Crippen molar-refractivity contribution in [2.75, 3.05) is 0 Å². The van der Waals surface area contributed by atoms with Gasteiger partial charge in [-0.1, -0.05) is 129 Å². The van der Waals surface area contributed by atoms with Crippen molar-refractivity contribution < 1.29 is 11.0 Å². The smallest absolute Gasteiger partial charge is 0.111 e. The molecule has 0 bridgehead atoms. The van der Waals surface area contributed by atoms with Crippen LogP contribution in [-0.2, 0) is 5.41 Å². The van der Waals surface area contributed by atoms with E-state index in [0.717, 1.165) is 27.7 Å². The van der Waals surface area contributed by atoms with Crippen molar-refractivity contribution in [3.05, 3.63) is 156 Å². The zero-order chi connectivity index (χ0) is 37.2. The molecule has 0 atom stereocenters. The summed E-state index contributed by atoms with van der Waals surface area (Å²) in [5.74, 6) is 0.689. The predicted molar refractivity (Wildman–Crippen MR) is 189 cm³/mol. The lowest BCUT2D eigenvalue weighted by atomic mass is 9.80. The van der Waals surface area contributed by atoms with E-state index in [1.165, 1.54) is 5.56 Å². The Bertz CT molecular complexity index is 2840. The van der Waals surface area contributed by atoms with Gasteiger partial charge in [0.25, 0.3) is 0 Å². The Kier molecular flexibility index (Phi) is 4.02. The topological polar surface area (TPSA) is 17.8 Å². The molecular weight excluding hydrogens is 544 g/mol. The van der Waals surface area contributed by atoms with Gasteiger partial charge in [-0.2, -0.15) is 0 Å². The second-order valence-electron chi connectivity index (χ2n) is 12.2. The molecule has 1 aromatic heterocycles. The molecule has 8 aromatic rings. The molecule has 2 nitrogen and oxygen atoms in total. The number of para-hydroxylation sites is 3. The van der Waals surface area contributed by atoms with Gasteiger partial charge in [-0.05, 0) is 91.7 Å². The zero-order valence-electron chi connectivity index (χ0n) is 33.1. The molecule has 0 amide bonds. The van der Waals surface area contributed by atoms with Crippen molar-refractivity contribution in [1.29, 1.82) is 0 Å². The fraction of sp³-hybridized carbons (Fsp3) is 0.0930. The molecule has 1 heterocycles. The van der Waals surface area contributed by atoms with Gasteiger partial charge in [0, 0.05) is 11.0 Å². The van der Waals surface area contributed by atoms with Gasteiger partial charge >= 0.3 is 0 Å². The van der Waals surface area contributed by atoms with E-state index in [4.69, 9.17) is 10.5 Å². The largest absolute Gasteiger partial charge is 0.296 e. The van der Waals surface area contributed by atoms with Gasteiger partial charge in [0.2, 0.25) is 0 Å². The third kappa shape index (κ3) is 3.66. The first kappa shape index (κ1) is 19.0. The third-order valence-corrected chi connectivity index (χ3v) is 9.39. The number of benzene rings is 7. The van der Waals surface area contributed by atoms with Crippen LogP contribution < -0.4 is 0 Å². The van der Waals surface area contributed by atoms with Gasteiger partial charge in [-0.3, -0.25) is 4.57 Å². The standard InChI is InChI=1S/C43H32N2/c1-27-44-38-21-11-13-23-40(38)45(27)39-22-12-9-19-35(39)42-33-17-6-4-15-31(33)41(32-16-5-7-18-34(32)42)28-24-25-30-29-14-8-10-20-36(29)43(2,3)37(30)26-28/h4-26H,1-3H3/i4D,5D,6D,7D,15D,16D,17D,18D. The minimum absolute atomic E-state index is 0.182. The molecular formula is C43H32N2. The van der Waals surface area contributed by atoms with E-state index in [1.807, 2.05) is 90.4 Å². The van der Waals surface area contributed by atoms with E-state index in [9.17, 15) is 5.48 Å². The molecule has 1 aliphatic carbocycles. The van der Waals surface area contributed by atoms with Crippen molar-refractivity contribution >= 4 is 32.6 Å². The Balaban J connectivity index is 1.51. The minimum atomic E-state index is -0.429. The van der Waals surface area contributed by atoms with Gasteiger partial charge in [-0.15, -0.1) is 0 Å². The molecule has 214 valence electrons. The highest BCUT2D eigenvalue weighted by Gasteiger charge is 2.35. The van der Waals surface area contributed by atoms with E-state index in [1.54, 1.807) is 0 Å². The van der Waals surface area contributed by atoms with Crippen LogP contribution >= 0.6 is 0 Å². The summed E-state index contributed by atoms with van der Waals surface area (Å²) < 4.78 is 75.3. The summed E-state index contributed by atoms with van der Waals surface area (Å²) in [6.45, 7) is 6.19. The first-order valence-electron chi connectivity index (χ1n) is 19.1. The summed E-state index contributed by atoms with van der Waals surface area (Å²) in [7, 11) is 0.